The van der Waals surface area contributed by atoms with Crippen molar-refractivity contribution >= 4 is 11.8 Å². The molecule has 1 heterocycles. The number of carbonyl (C=O) groups excluding carboxylic acids is 2. The monoisotopic (exact) mass is 405 g/mol. The molecule has 4 saturated carbocycles. The largest absolute Gasteiger partial charge is 0.473 e. The average Bonchev–Trinajstić information content (AvgIpc) is 2.75. The number of carbonyl (C=O) groups is 2. The number of aromatic nitrogens is 1. The Hall–Kier alpha value is -2.89. The molecule has 6 heteroatoms. The van der Waals surface area contributed by atoms with Gasteiger partial charge in [0.1, 0.15) is 12.3 Å². The number of hydrogen-bond donors (Lipinski definition) is 2. The molecule has 0 spiro atoms. The van der Waals surface area contributed by atoms with E-state index in [0.717, 1.165) is 37.7 Å². The van der Waals surface area contributed by atoms with Crippen LogP contribution < -0.4 is 15.8 Å². The van der Waals surface area contributed by atoms with E-state index < -0.39 is 0 Å². The second-order valence-electron chi connectivity index (χ2n) is 9.25. The number of nitrogens with zero attached hydrogens (tertiary/aromatic N) is 1. The summed E-state index contributed by atoms with van der Waals surface area (Å²) in [5, 5.41) is 3.23. The summed E-state index contributed by atoms with van der Waals surface area (Å²) in [6, 6.07) is 15.2. The van der Waals surface area contributed by atoms with Gasteiger partial charge in [0.15, 0.2) is 0 Å². The number of nitrogens with one attached hydrogen (secondary N) is 1. The number of ether oxygens (including phenoxy) is 1. The molecular formula is C24H27N3O3. The van der Waals surface area contributed by atoms with Crippen LogP contribution >= 0.6 is 0 Å². The maximum absolute atomic E-state index is 13.0. The minimum Gasteiger partial charge on any atom is -0.473 e. The molecule has 1 aromatic carbocycles. The van der Waals surface area contributed by atoms with Crippen molar-refractivity contribution in [3.8, 4) is 5.88 Å². The number of benzene rings is 1. The molecule has 0 radical (unpaired) electrons. The predicted octanol–water partition coefficient (Wildman–Crippen LogP) is 3.07. The van der Waals surface area contributed by atoms with Gasteiger partial charge in [-0.3, -0.25) is 9.59 Å². The lowest BCUT2D eigenvalue weighted by atomic mass is 9.47. The standard InChI is InChI=1S/C24H27N3O3/c25-23(29)24-11-16-9-17(12-24)21(18(10-16)13-24)27-22(28)19-7-4-8-20(26-19)30-14-15-5-2-1-3-6-15/h1-8,16-18,21H,9-14H2,(H2,25,29)(H,27,28)/t16?,17?,18?,21-,24-. The van der Waals surface area contributed by atoms with Crippen molar-refractivity contribution in [3.63, 3.8) is 0 Å². The fourth-order valence-corrected chi connectivity index (χ4v) is 6.14. The van der Waals surface area contributed by atoms with E-state index >= 15 is 0 Å². The third-order valence-corrected chi connectivity index (χ3v) is 7.28. The van der Waals surface area contributed by atoms with Crippen LogP contribution in [0.25, 0.3) is 0 Å². The maximum Gasteiger partial charge on any atom is 0.270 e. The van der Waals surface area contributed by atoms with Crippen LogP contribution in [-0.2, 0) is 11.4 Å². The van der Waals surface area contributed by atoms with Crippen LogP contribution in [0, 0.1) is 23.2 Å². The third kappa shape index (κ3) is 3.44. The fraction of sp³-hybridized carbons (Fsp3) is 0.458. The average molecular weight is 405 g/mol. The number of nitrogens with two attached hydrogens (primary N) is 1. The van der Waals surface area contributed by atoms with Crippen molar-refractivity contribution in [3.05, 3.63) is 59.8 Å². The molecule has 2 amide bonds. The normalized spacial score (nSPS) is 31.3. The van der Waals surface area contributed by atoms with Crippen LogP contribution in [0.15, 0.2) is 48.5 Å². The summed E-state index contributed by atoms with van der Waals surface area (Å²) in [6.07, 6.45) is 4.68. The molecule has 4 aliphatic carbocycles. The summed E-state index contributed by atoms with van der Waals surface area (Å²) in [5.74, 6) is 1.32. The molecule has 2 aromatic rings. The summed E-state index contributed by atoms with van der Waals surface area (Å²) in [7, 11) is 0. The zero-order valence-corrected chi connectivity index (χ0v) is 16.9. The van der Waals surface area contributed by atoms with E-state index in [1.54, 1.807) is 18.2 Å². The second kappa shape index (κ2) is 7.42. The summed E-state index contributed by atoms with van der Waals surface area (Å²) in [6.45, 7) is 0.405. The van der Waals surface area contributed by atoms with Crippen molar-refractivity contribution in [1.82, 2.24) is 10.3 Å². The fourth-order valence-electron chi connectivity index (χ4n) is 6.14. The van der Waals surface area contributed by atoms with Gasteiger partial charge in [0.05, 0.1) is 0 Å². The summed E-state index contributed by atoms with van der Waals surface area (Å²) < 4.78 is 5.76. The first kappa shape index (κ1) is 19.1. The highest BCUT2D eigenvalue weighted by molar-refractivity contribution is 5.92. The molecule has 30 heavy (non-hydrogen) atoms. The van der Waals surface area contributed by atoms with Crippen LogP contribution in [0.4, 0.5) is 0 Å². The van der Waals surface area contributed by atoms with E-state index in [-0.39, 0.29) is 23.3 Å². The number of pyridine rings is 1. The van der Waals surface area contributed by atoms with E-state index in [9.17, 15) is 9.59 Å². The quantitative estimate of drug-likeness (QED) is 0.772. The summed E-state index contributed by atoms with van der Waals surface area (Å²) in [4.78, 5) is 29.5. The molecule has 2 unspecified atom stereocenters. The molecule has 6 rings (SSSR count). The van der Waals surface area contributed by atoms with Crippen LogP contribution in [-0.4, -0.2) is 22.8 Å². The van der Waals surface area contributed by atoms with E-state index in [2.05, 4.69) is 10.3 Å². The van der Waals surface area contributed by atoms with Gasteiger partial charge in [-0.05, 0) is 61.5 Å². The molecule has 1 aromatic heterocycles. The van der Waals surface area contributed by atoms with Gasteiger partial charge in [0.2, 0.25) is 11.8 Å². The Morgan fingerprint density at radius 2 is 1.77 bits per heavy atom. The van der Waals surface area contributed by atoms with Crippen molar-refractivity contribution < 1.29 is 14.3 Å². The van der Waals surface area contributed by atoms with Crippen molar-refractivity contribution in [2.45, 2.75) is 44.8 Å². The second-order valence-corrected chi connectivity index (χ2v) is 9.25. The number of hydrogen-bond acceptors (Lipinski definition) is 4. The highest BCUT2D eigenvalue weighted by atomic mass is 16.5. The Morgan fingerprint density at radius 1 is 1.03 bits per heavy atom. The topological polar surface area (TPSA) is 94.3 Å². The highest BCUT2D eigenvalue weighted by Gasteiger charge is 2.58. The molecule has 4 aliphatic rings. The lowest BCUT2D eigenvalue weighted by Crippen LogP contribution is -2.62. The van der Waals surface area contributed by atoms with Gasteiger partial charge in [0.25, 0.3) is 5.91 Å². The Bertz CT molecular complexity index is 945. The molecule has 4 fully saturated rings. The van der Waals surface area contributed by atoms with Crippen molar-refractivity contribution in [2.75, 3.05) is 0 Å². The summed E-state index contributed by atoms with van der Waals surface area (Å²) in [5.41, 5.74) is 6.83. The smallest absolute Gasteiger partial charge is 0.270 e. The zero-order valence-electron chi connectivity index (χ0n) is 16.9. The van der Waals surface area contributed by atoms with Gasteiger partial charge < -0.3 is 15.8 Å². The Morgan fingerprint density at radius 3 is 2.47 bits per heavy atom. The van der Waals surface area contributed by atoms with Crippen molar-refractivity contribution in [2.24, 2.45) is 28.9 Å². The van der Waals surface area contributed by atoms with Crippen molar-refractivity contribution in [1.29, 1.82) is 0 Å². The Balaban J connectivity index is 1.26. The predicted molar refractivity (Wildman–Crippen MR) is 111 cm³/mol. The van der Waals surface area contributed by atoms with Gasteiger partial charge in [-0.1, -0.05) is 36.4 Å². The molecule has 2 atom stereocenters. The van der Waals surface area contributed by atoms with Gasteiger partial charge in [-0.15, -0.1) is 0 Å². The van der Waals surface area contributed by atoms with E-state index in [1.807, 2.05) is 30.3 Å². The summed E-state index contributed by atoms with van der Waals surface area (Å²) >= 11 is 0. The van der Waals surface area contributed by atoms with Crippen LogP contribution in [0.1, 0.15) is 48.2 Å². The van der Waals surface area contributed by atoms with Crippen LogP contribution in [0.3, 0.4) is 0 Å². The Kier molecular flexibility index (Phi) is 4.72. The van der Waals surface area contributed by atoms with Gasteiger partial charge in [-0.25, -0.2) is 4.98 Å². The minimum atomic E-state index is -0.346. The lowest BCUT2D eigenvalue weighted by molar-refractivity contribution is -0.145. The van der Waals surface area contributed by atoms with E-state index in [1.165, 1.54) is 0 Å². The number of primary amides is 1. The third-order valence-electron chi connectivity index (χ3n) is 7.28. The first-order chi connectivity index (χ1) is 14.5. The zero-order chi connectivity index (χ0) is 20.7. The van der Waals surface area contributed by atoms with Gasteiger partial charge in [-0.2, -0.15) is 0 Å². The lowest BCUT2D eigenvalue weighted by Gasteiger charge is -2.58. The van der Waals surface area contributed by atoms with E-state index in [0.29, 0.717) is 35.9 Å². The Labute approximate surface area is 176 Å². The van der Waals surface area contributed by atoms with E-state index in [4.69, 9.17) is 10.5 Å². The SMILES string of the molecule is NC(=O)[C@]12CC3CC(C1)[C@@H](NC(=O)c1cccc(OCc4ccccc4)n1)C(C3)C2. The van der Waals surface area contributed by atoms with Crippen LogP contribution in [0.2, 0.25) is 0 Å². The minimum absolute atomic E-state index is 0.0946. The maximum atomic E-state index is 13.0. The highest BCUT2D eigenvalue weighted by Crippen LogP contribution is 2.59. The first-order valence-electron chi connectivity index (χ1n) is 10.8. The molecule has 0 aliphatic heterocycles. The van der Waals surface area contributed by atoms with Crippen LogP contribution in [0.5, 0.6) is 5.88 Å². The van der Waals surface area contributed by atoms with Gasteiger partial charge in [0, 0.05) is 17.5 Å². The molecule has 6 nitrogen and oxygen atoms in total. The van der Waals surface area contributed by atoms with Gasteiger partial charge >= 0.3 is 0 Å². The molecule has 0 saturated heterocycles. The number of amides is 2. The first-order valence-corrected chi connectivity index (χ1v) is 10.8. The number of rotatable bonds is 6. The molecule has 156 valence electrons. The molecule has 4 bridgehead atoms. The molecule has 3 N–H and O–H groups in total. The molecular weight excluding hydrogens is 378 g/mol.